The van der Waals surface area contributed by atoms with Gasteiger partial charge in [0.1, 0.15) is 5.78 Å². The predicted molar refractivity (Wildman–Crippen MR) is 45.3 cm³/mol. The maximum absolute atomic E-state index is 11.2. The molecule has 1 saturated carbocycles. The number of ether oxygens (including phenoxy) is 2. The molecule has 14 heavy (non-hydrogen) atoms. The van der Waals surface area contributed by atoms with E-state index in [4.69, 9.17) is 0 Å². The molecule has 1 unspecified atom stereocenters. The van der Waals surface area contributed by atoms with Gasteiger partial charge in [0.2, 0.25) is 0 Å². The minimum Gasteiger partial charge on any atom is -0.469 e. The zero-order valence-electron chi connectivity index (χ0n) is 8.11. The third kappa shape index (κ3) is 1.92. The molecular weight excluding hydrogens is 188 g/mol. The van der Waals surface area contributed by atoms with E-state index >= 15 is 0 Å². The maximum atomic E-state index is 11.2. The molecule has 0 N–H and O–H groups in total. The summed E-state index contributed by atoms with van der Waals surface area (Å²) in [6.45, 7) is 0. The molecule has 0 aromatic heterocycles. The third-order valence-corrected chi connectivity index (χ3v) is 2.39. The van der Waals surface area contributed by atoms with Gasteiger partial charge in [0.25, 0.3) is 0 Å². The molecule has 0 spiro atoms. The van der Waals surface area contributed by atoms with Crippen molar-refractivity contribution in [2.75, 3.05) is 14.2 Å². The number of esters is 2. The Hall–Kier alpha value is -1.39. The average molecular weight is 200 g/mol. The van der Waals surface area contributed by atoms with E-state index in [2.05, 4.69) is 9.47 Å². The van der Waals surface area contributed by atoms with Gasteiger partial charge in [-0.1, -0.05) is 0 Å². The smallest absolute Gasteiger partial charge is 0.309 e. The first kappa shape index (κ1) is 10.7. The van der Waals surface area contributed by atoms with E-state index in [1.165, 1.54) is 14.2 Å². The predicted octanol–water partition coefficient (Wildman–Crippen LogP) is -0.0723. The Balaban J connectivity index is 2.77. The van der Waals surface area contributed by atoms with Gasteiger partial charge >= 0.3 is 11.9 Å². The largest absolute Gasteiger partial charge is 0.469 e. The van der Waals surface area contributed by atoms with E-state index in [0.717, 1.165) is 0 Å². The lowest BCUT2D eigenvalue weighted by Crippen LogP contribution is -2.27. The highest BCUT2D eigenvalue weighted by Crippen LogP contribution is 2.30. The summed E-state index contributed by atoms with van der Waals surface area (Å²) in [5.74, 6) is -2.48. The van der Waals surface area contributed by atoms with Crippen molar-refractivity contribution in [2.45, 2.75) is 12.8 Å². The van der Waals surface area contributed by atoms with E-state index in [0.29, 0.717) is 0 Å². The van der Waals surface area contributed by atoms with Crippen LogP contribution < -0.4 is 0 Å². The summed E-state index contributed by atoms with van der Waals surface area (Å²) < 4.78 is 9.02. The Labute approximate surface area is 81.4 Å². The summed E-state index contributed by atoms with van der Waals surface area (Å²) in [5, 5.41) is 0. The zero-order valence-corrected chi connectivity index (χ0v) is 8.11. The summed E-state index contributed by atoms with van der Waals surface area (Å²) >= 11 is 0. The molecule has 1 rings (SSSR count). The molecule has 78 valence electrons. The number of Topliss-reactive ketones (excluding diaryl/α,β-unsaturated/α-hetero) is 1. The molecule has 0 radical (unpaired) electrons. The van der Waals surface area contributed by atoms with Crippen LogP contribution in [0.1, 0.15) is 12.8 Å². The van der Waals surface area contributed by atoms with Crippen molar-refractivity contribution in [3.05, 3.63) is 0 Å². The summed E-state index contributed by atoms with van der Waals surface area (Å²) in [6.07, 6.45) is 0.152. The number of carbonyl (C=O) groups excluding carboxylic acids is 3. The van der Waals surface area contributed by atoms with Crippen LogP contribution >= 0.6 is 0 Å². The molecule has 0 aromatic rings. The SMILES string of the molecule is COC(=O)C1CC(=O)C[C@@H]1C(=O)OC. The molecule has 2 atom stereocenters. The fraction of sp³-hybridized carbons (Fsp3) is 0.667. The highest BCUT2D eigenvalue weighted by atomic mass is 16.5. The number of carbonyl (C=O) groups is 3. The van der Waals surface area contributed by atoms with Crippen molar-refractivity contribution in [1.29, 1.82) is 0 Å². The van der Waals surface area contributed by atoms with Crippen LogP contribution in [0.15, 0.2) is 0 Å². The Kier molecular flexibility index (Phi) is 3.22. The summed E-state index contributed by atoms with van der Waals surface area (Å²) in [6, 6.07) is 0. The second-order valence-corrected chi connectivity index (χ2v) is 3.21. The van der Waals surface area contributed by atoms with Crippen molar-refractivity contribution in [3.63, 3.8) is 0 Å². The van der Waals surface area contributed by atoms with Crippen LogP contribution in [0.25, 0.3) is 0 Å². The van der Waals surface area contributed by atoms with Gasteiger partial charge in [-0.25, -0.2) is 0 Å². The minimum absolute atomic E-state index is 0.0758. The Morgan fingerprint density at radius 3 is 1.71 bits per heavy atom. The topological polar surface area (TPSA) is 69.7 Å². The molecule has 0 aromatic carbocycles. The van der Waals surface area contributed by atoms with Crippen molar-refractivity contribution in [1.82, 2.24) is 0 Å². The Bertz CT molecular complexity index is 244. The van der Waals surface area contributed by atoms with E-state index in [9.17, 15) is 14.4 Å². The molecular formula is C9H12O5. The van der Waals surface area contributed by atoms with Crippen LogP contribution in [0.4, 0.5) is 0 Å². The van der Waals surface area contributed by atoms with E-state index in [1.807, 2.05) is 0 Å². The van der Waals surface area contributed by atoms with Gasteiger partial charge in [0.05, 0.1) is 26.1 Å². The van der Waals surface area contributed by atoms with Crippen LogP contribution in [0, 0.1) is 11.8 Å². The van der Waals surface area contributed by atoms with Gasteiger partial charge in [-0.15, -0.1) is 0 Å². The maximum Gasteiger partial charge on any atom is 0.309 e. The molecule has 0 amide bonds. The molecule has 1 aliphatic rings. The van der Waals surface area contributed by atoms with E-state index in [-0.39, 0.29) is 18.6 Å². The van der Waals surface area contributed by atoms with Gasteiger partial charge in [0.15, 0.2) is 0 Å². The number of rotatable bonds is 2. The number of hydrogen-bond acceptors (Lipinski definition) is 5. The molecule has 0 heterocycles. The minimum atomic E-state index is -0.667. The normalized spacial score (nSPS) is 26.0. The van der Waals surface area contributed by atoms with Crippen molar-refractivity contribution in [2.24, 2.45) is 11.8 Å². The quantitative estimate of drug-likeness (QED) is 0.583. The standard InChI is InChI=1S/C9H12O5/c1-13-8(11)6-3-5(10)4-7(6)9(12)14-2/h6-7H,3-4H2,1-2H3/t6-,7?/m0/s1. The number of methoxy groups -OCH3 is 2. The van der Waals surface area contributed by atoms with Crippen molar-refractivity contribution < 1.29 is 23.9 Å². The molecule has 0 saturated heterocycles. The van der Waals surface area contributed by atoms with Crippen molar-refractivity contribution >= 4 is 17.7 Å². The van der Waals surface area contributed by atoms with Gasteiger partial charge < -0.3 is 9.47 Å². The summed E-state index contributed by atoms with van der Waals surface area (Å²) in [4.78, 5) is 33.5. The number of ketones is 1. The Morgan fingerprint density at radius 1 is 1.07 bits per heavy atom. The molecule has 0 aliphatic heterocycles. The highest BCUT2D eigenvalue weighted by molar-refractivity contribution is 5.95. The van der Waals surface area contributed by atoms with Crippen molar-refractivity contribution in [3.8, 4) is 0 Å². The molecule has 5 nitrogen and oxygen atoms in total. The van der Waals surface area contributed by atoms with Gasteiger partial charge in [-0.3, -0.25) is 14.4 Å². The second kappa shape index (κ2) is 4.21. The lowest BCUT2D eigenvalue weighted by Gasteiger charge is -2.13. The first-order chi connectivity index (χ1) is 6.60. The first-order valence-corrected chi connectivity index (χ1v) is 4.27. The molecule has 0 bridgehead atoms. The van der Waals surface area contributed by atoms with Crippen LogP contribution in [0.3, 0.4) is 0 Å². The van der Waals surface area contributed by atoms with Crippen LogP contribution in [-0.4, -0.2) is 31.9 Å². The highest BCUT2D eigenvalue weighted by Gasteiger charge is 2.43. The lowest BCUT2D eigenvalue weighted by atomic mass is 9.96. The molecule has 1 fully saturated rings. The fourth-order valence-corrected chi connectivity index (χ4v) is 1.66. The second-order valence-electron chi connectivity index (χ2n) is 3.21. The van der Waals surface area contributed by atoms with Gasteiger partial charge in [-0.2, -0.15) is 0 Å². The summed E-state index contributed by atoms with van der Waals surface area (Å²) in [7, 11) is 2.47. The first-order valence-electron chi connectivity index (χ1n) is 4.27. The fourth-order valence-electron chi connectivity index (χ4n) is 1.66. The monoisotopic (exact) mass is 200 g/mol. The zero-order chi connectivity index (χ0) is 10.7. The van der Waals surface area contributed by atoms with Gasteiger partial charge in [-0.05, 0) is 0 Å². The lowest BCUT2D eigenvalue weighted by molar-refractivity contribution is -0.156. The summed E-state index contributed by atoms with van der Waals surface area (Å²) in [5.41, 5.74) is 0. The number of hydrogen-bond donors (Lipinski definition) is 0. The van der Waals surface area contributed by atoms with Gasteiger partial charge in [0, 0.05) is 12.8 Å². The Morgan fingerprint density at radius 2 is 1.43 bits per heavy atom. The average Bonchev–Trinajstić information content (AvgIpc) is 2.58. The van der Waals surface area contributed by atoms with Crippen LogP contribution in [0.5, 0.6) is 0 Å². The molecule has 5 heteroatoms. The van der Waals surface area contributed by atoms with Crippen LogP contribution in [0.2, 0.25) is 0 Å². The molecule has 1 aliphatic carbocycles. The third-order valence-electron chi connectivity index (χ3n) is 2.39. The van der Waals surface area contributed by atoms with Crippen LogP contribution in [-0.2, 0) is 23.9 Å². The van der Waals surface area contributed by atoms with E-state index in [1.54, 1.807) is 0 Å². The van der Waals surface area contributed by atoms with E-state index < -0.39 is 23.8 Å².